The van der Waals surface area contributed by atoms with E-state index in [1.807, 2.05) is 11.8 Å². The first kappa shape index (κ1) is 19.3. The molecule has 1 atom stereocenters. The molecule has 3 heterocycles. The van der Waals surface area contributed by atoms with Gasteiger partial charge in [-0.1, -0.05) is 0 Å². The zero-order valence-electron chi connectivity index (χ0n) is 16.1. The molecule has 8 nitrogen and oxygen atoms in total. The van der Waals surface area contributed by atoms with Gasteiger partial charge in [0.05, 0.1) is 11.5 Å². The number of carbonyl (C=O) groups is 3. The molecule has 2 saturated heterocycles. The van der Waals surface area contributed by atoms with Gasteiger partial charge in [-0.15, -0.1) is 0 Å². The zero-order chi connectivity index (χ0) is 19.6. The van der Waals surface area contributed by atoms with Gasteiger partial charge in [-0.3, -0.25) is 9.59 Å². The lowest BCUT2D eigenvalue weighted by Gasteiger charge is -2.33. The van der Waals surface area contributed by atoms with Crippen molar-refractivity contribution in [2.45, 2.75) is 33.1 Å². The fourth-order valence-electron chi connectivity index (χ4n) is 3.99. The third kappa shape index (κ3) is 4.26. The second-order valence-corrected chi connectivity index (χ2v) is 7.42. The third-order valence-electron chi connectivity index (χ3n) is 5.45. The number of amides is 4. The molecular formula is C19H28N4O4. The Bertz CT molecular complexity index is 729. The Hall–Kier alpha value is -2.51. The normalized spacial score (nSPS) is 21.1. The molecule has 0 aromatic carbocycles. The van der Waals surface area contributed by atoms with E-state index in [1.54, 1.807) is 22.8 Å². The standard InChI is InChI=1S/C19H28N4O4/c1-13-11-16(14(2)27-13)18(25)22-8-4-7-21(9-10-22)17(24)15-5-3-6-23(12-15)19(20)26/h11,15H,3-10,12H2,1-2H3,(H2,20,26). The molecule has 8 heteroatoms. The summed E-state index contributed by atoms with van der Waals surface area (Å²) in [5, 5.41) is 0. The lowest BCUT2D eigenvalue weighted by molar-refractivity contribution is -0.136. The Morgan fingerprint density at radius 2 is 1.67 bits per heavy atom. The molecule has 0 spiro atoms. The molecule has 1 aromatic heterocycles. The van der Waals surface area contributed by atoms with Crippen LogP contribution in [-0.2, 0) is 4.79 Å². The van der Waals surface area contributed by atoms with Crippen molar-refractivity contribution < 1.29 is 18.8 Å². The summed E-state index contributed by atoms with van der Waals surface area (Å²) in [7, 11) is 0. The second-order valence-electron chi connectivity index (χ2n) is 7.42. The first-order chi connectivity index (χ1) is 12.9. The minimum Gasteiger partial charge on any atom is -0.466 e. The molecular weight excluding hydrogens is 348 g/mol. The van der Waals surface area contributed by atoms with E-state index in [9.17, 15) is 14.4 Å². The largest absolute Gasteiger partial charge is 0.466 e. The molecule has 4 amide bonds. The molecule has 0 aliphatic carbocycles. The van der Waals surface area contributed by atoms with Crippen LogP contribution in [0, 0.1) is 19.8 Å². The molecule has 0 bridgehead atoms. The maximum Gasteiger partial charge on any atom is 0.314 e. The van der Waals surface area contributed by atoms with Crippen molar-refractivity contribution >= 4 is 17.8 Å². The van der Waals surface area contributed by atoms with Crippen molar-refractivity contribution in [3.63, 3.8) is 0 Å². The quantitative estimate of drug-likeness (QED) is 0.842. The zero-order valence-corrected chi connectivity index (χ0v) is 16.1. The molecule has 2 aliphatic rings. The number of nitrogens with zero attached hydrogens (tertiary/aromatic N) is 3. The van der Waals surface area contributed by atoms with Crippen molar-refractivity contribution in [1.82, 2.24) is 14.7 Å². The van der Waals surface area contributed by atoms with Crippen LogP contribution in [-0.4, -0.2) is 71.8 Å². The summed E-state index contributed by atoms with van der Waals surface area (Å²) in [5.74, 6) is 1.16. The van der Waals surface area contributed by atoms with Gasteiger partial charge in [0.2, 0.25) is 5.91 Å². The van der Waals surface area contributed by atoms with Crippen molar-refractivity contribution in [2.75, 3.05) is 39.3 Å². The predicted octanol–water partition coefficient (Wildman–Crippen LogP) is 1.36. The summed E-state index contributed by atoms with van der Waals surface area (Å²) in [6.45, 7) is 6.87. The van der Waals surface area contributed by atoms with Gasteiger partial charge in [0.1, 0.15) is 11.5 Å². The minimum absolute atomic E-state index is 0.0452. The highest BCUT2D eigenvalue weighted by Crippen LogP contribution is 2.21. The number of piperidine rings is 1. The van der Waals surface area contributed by atoms with Gasteiger partial charge in [0, 0.05) is 39.3 Å². The average Bonchev–Trinajstić information content (AvgIpc) is 2.85. The maximum atomic E-state index is 12.9. The number of hydrogen-bond acceptors (Lipinski definition) is 4. The Balaban J connectivity index is 1.61. The molecule has 27 heavy (non-hydrogen) atoms. The molecule has 0 saturated carbocycles. The Labute approximate surface area is 159 Å². The molecule has 148 valence electrons. The summed E-state index contributed by atoms with van der Waals surface area (Å²) < 4.78 is 5.47. The number of primary amides is 1. The molecule has 3 rings (SSSR count). The van der Waals surface area contributed by atoms with Gasteiger partial charge in [-0.2, -0.15) is 0 Å². The number of urea groups is 1. The number of hydrogen-bond donors (Lipinski definition) is 1. The van der Waals surface area contributed by atoms with Crippen molar-refractivity contribution in [1.29, 1.82) is 0 Å². The summed E-state index contributed by atoms with van der Waals surface area (Å²) in [6, 6.07) is 1.30. The Kier molecular flexibility index (Phi) is 5.72. The topological polar surface area (TPSA) is 100 Å². The predicted molar refractivity (Wildman–Crippen MR) is 99.2 cm³/mol. The van der Waals surface area contributed by atoms with E-state index in [1.165, 1.54) is 0 Å². The highest BCUT2D eigenvalue weighted by molar-refractivity contribution is 5.95. The van der Waals surface area contributed by atoms with Crippen LogP contribution in [0.5, 0.6) is 0 Å². The van der Waals surface area contributed by atoms with Crippen molar-refractivity contribution in [2.24, 2.45) is 11.7 Å². The Morgan fingerprint density at radius 3 is 2.33 bits per heavy atom. The number of rotatable bonds is 2. The smallest absolute Gasteiger partial charge is 0.314 e. The van der Waals surface area contributed by atoms with Gasteiger partial charge in [-0.25, -0.2) is 4.79 Å². The van der Waals surface area contributed by atoms with E-state index in [0.717, 1.165) is 25.0 Å². The highest BCUT2D eigenvalue weighted by atomic mass is 16.3. The molecule has 2 aliphatic heterocycles. The first-order valence-electron chi connectivity index (χ1n) is 9.56. The number of furan rings is 1. The number of aryl methyl sites for hydroxylation is 2. The first-order valence-corrected chi connectivity index (χ1v) is 9.56. The number of likely N-dealkylation sites (tertiary alicyclic amines) is 1. The summed E-state index contributed by atoms with van der Waals surface area (Å²) in [5.41, 5.74) is 5.96. The molecule has 1 unspecified atom stereocenters. The number of carbonyl (C=O) groups excluding carboxylic acids is 3. The maximum absolute atomic E-state index is 12.9. The highest BCUT2D eigenvalue weighted by Gasteiger charge is 2.32. The van der Waals surface area contributed by atoms with Crippen LogP contribution in [0.2, 0.25) is 0 Å². The van der Waals surface area contributed by atoms with Gasteiger partial charge < -0.3 is 24.9 Å². The lowest BCUT2D eigenvalue weighted by Crippen LogP contribution is -2.49. The number of nitrogens with two attached hydrogens (primary N) is 1. The van der Waals surface area contributed by atoms with Crippen LogP contribution in [0.4, 0.5) is 4.79 Å². The van der Waals surface area contributed by atoms with Crippen LogP contribution in [0.25, 0.3) is 0 Å². The lowest BCUT2D eigenvalue weighted by atomic mass is 9.96. The molecule has 2 fully saturated rings. The van der Waals surface area contributed by atoms with Crippen LogP contribution >= 0.6 is 0 Å². The fraction of sp³-hybridized carbons (Fsp3) is 0.632. The van der Waals surface area contributed by atoms with E-state index in [0.29, 0.717) is 50.6 Å². The summed E-state index contributed by atoms with van der Waals surface area (Å²) in [4.78, 5) is 42.3. The molecule has 2 N–H and O–H groups in total. The monoisotopic (exact) mass is 376 g/mol. The van der Waals surface area contributed by atoms with Crippen molar-refractivity contribution in [3.8, 4) is 0 Å². The summed E-state index contributed by atoms with van der Waals surface area (Å²) >= 11 is 0. The van der Waals surface area contributed by atoms with E-state index in [-0.39, 0.29) is 17.7 Å². The van der Waals surface area contributed by atoms with E-state index in [2.05, 4.69) is 0 Å². The Morgan fingerprint density at radius 1 is 1.00 bits per heavy atom. The molecule has 1 aromatic rings. The van der Waals surface area contributed by atoms with Crippen LogP contribution in [0.3, 0.4) is 0 Å². The van der Waals surface area contributed by atoms with Crippen LogP contribution in [0.15, 0.2) is 10.5 Å². The SMILES string of the molecule is Cc1cc(C(=O)N2CCCN(C(=O)C3CCCN(C(N)=O)C3)CC2)c(C)o1. The average molecular weight is 376 g/mol. The van der Waals surface area contributed by atoms with Crippen LogP contribution < -0.4 is 5.73 Å². The third-order valence-corrected chi connectivity index (χ3v) is 5.45. The summed E-state index contributed by atoms with van der Waals surface area (Å²) in [6.07, 6.45) is 2.30. The van der Waals surface area contributed by atoms with Gasteiger partial charge in [-0.05, 0) is 39.2 Å². The molecule has 0 radical (unpaired) electrons. The van der Waals surface area contributed by atoms with Crippen molar-refractivity contribution in [3.05, 3.63) is 23.2 Å². The van der Waals surface area contributed by atoms with Gasteiger partial charge >= 0.3 is 6.03 Å². The van der Waals surface area contributed by atoms with E-state index in [4.69, 9.17) is 10.2 Å². The van der Waals surface area contributed by atoms with E-state index >= 15 is 0 Å². The van der Waals surface area contributed by atoms with Gasteiger partial charge in [0.15, 0.2) is 0 Å². The fourth-order valence-corrected chi connectivity index (χ4v) is 3.99. The minimum atomic E-state index is -0.467. The second kappa shape index (κ2) is 8.02. The van der Waals surface area contributed by atoms with E-state index < -0.39 is 6.03 Å². The van der Waals surface area contributed by atoms with Crippen LogP contribution in [0.1, 0.15) is 41.1 Å². The van der Waals surface area contributed by atoms with Gasteiger partial charge in [0.25, 0.3) is 5.91 Å².